The van der Waals surface area contributed by atoms with Crippen molar-refractivity contribution in [3.05, 3.63) is 29.1 Å². The minimum absolute atomic E-state index is 0.675. The summed E-state index contributed by atoms with van der Waals surface area (Å²) >= 11 is 0. The number of pyridine rings is 1. The van der Waals surface area contributed by atoms with Gasteiger partial charge in [0.25, 0.3) is 0 Å². The zero-order valence-corrected chi connectivity index (χ0v) is 8.09. The van der Waals surface area contributed by atoms with Crippen LogP contribution in [-0.2, 0) is 0 Å². The first-order valence-electron chi connectivity index (χ1n) is 4.71. The van der Waals surface area contributed by atoms with Crippen LogP contribution in [0.1, 0.15) is 29.8 Å². The summed E-state index contributed by atoms with van der Waals surface area (Å²) in [6.07, 6.45) is 2.58. The number of aromatic nitrogens is 1. The number of aryl methyl sites for hydroxylation is 2. The van der Waals surface area contributed by atoms with Crippen molar-refractivity contribution in [2.24, 2.45) is 5.92 Å². The van der Waals surface area contributed by atoms with Crippen LogP contribution < -0.4 is 0 Å². The second-order valence-electron chi connectivity index (χ2n) is 3.68. The molecular weight excluding hydrogens is 158 g/mol. The minimum atomic E-state index is 0.675. The number of hydrogen-bond donors (Lipinski definition) is 0. The molecule has 1 aliphatic rings. The number of hydrogen-bond acceptors (Lipinski definition) is 1. The molecule has 1 heteroatoms. The van der Waals surface area contributed by atoms with E-state index < -0.39 is 0 Å². The average molecular weight is 171 g/mol. The van der Waals surface area contributed by atoms with E-state index in [1.54, 1.807) is 0 Å². The molecule has 0 aromatic carbocycles. The Labute approximate surface area is 79.2 Å². The lowest BCUT2D eigenvalue weighted by Crippen LogP contribution is -1.87. The Morgan fingerprint density at radius 1 is 1.23 bits per heavy atom. The molecule has 1 nitrogen and oxygen atoms in total. The van der Waals surface area contributed by atoms with Gasteiger partial charge in [-0.3, -0.25) is 4.98 Å². The van der Waals surface area contributed by atoms with Crippen molar-refractivity contribution in [2.75, 3.05) is 0 Å². The molecule has 0 aliphatic heterocycles. The second-order valence-corrected chi connectivity index (χ2v) is 3.68. The number of rotatable bonds is 0. The quantitative estimate of drug-likeness (QED) is 0.546. The lowest BCUT2D eigenvalue weighted by Gasteiger charge is -1.96. The molecule has 1 aromatic rings. The van der Waals surface area contributed by atoms with Gasteiger partial charge in [0.2, 0.25) is 0 Å². The molecule has 0 N–H and O–H groups in total. The van der Waals surface area contributed by atoms with E-state index >= 15 is 0 Å². The second kappa shape index (κ2) is 3.22. The Hall–Kier alpha value is -1.29. The van der Waals surface area contributed by atoms with Crippen molar-refractivity contribution in [1.29, 1.82) is 0 Å². The summed E-state index contributed by atoms with van der Waals surface area (Å²) in [7, 11) is 0. The third-order valence-corrected chi connectivity index (χ3v) is 2.08. The third-order valence-electron chi connectivity index (χ3n) is 2.08. The highest BCUT2D eigenvalue weighted by Gasteiger charge is 2.17. The van der Waals surface area contributed by atoms with Gasteiger partial charge in [-0.1, -0.05) is 11.8 Å². The molecule has 0 amide bonds. The molecule has 1 heterocycles. The molecule has 0 unspecified atom stereocenters. The lowest BCUT2D eigenvalue weighted by molar-refractivity contribution is 1.12. The van der Waals surface area contributed by atoms with E-state index in [1.165, 1.54) is 12.8 Å². The fourth-order valence-corrected chi connectivity index (χ4v) is 1.32. The Bertz CT molecular complexity index is 358. The Morgan fingerprint density at radius 2 is 1.85 bits per heavy atom. The van der Waals surface area contributed by atoms with Gasteiger partial charge in [-0.05, 0) is 38.8 Å². The molecule has 0 saturated heterocycles. The monoisotopic (exact) mass is 171 g/mol. The van der Waals surface area contributed by atoms with Crippen LogP contribution in [-0.4, -0.2) is 4.98 Å². The maximum absolute atomic E-state index is 4.31. The highest BCUT2D eigenvalue weighted by molar-refractivity contribution is 5.37. The summed E-state index contributed by atoms with van der Waals surface area (Å²) in [5.41, 5.74) is 3.22. The van der Waals surface area contributed by atoms with E-state index in [0.717, 1.165) is 17.0 Å². The van der Waals surface area contributed by atoms with Crippen LogP contribution in [0.25, 0.3) is 0 Å². The topological polar surface area (TPSA) is 12.9 Å². The van der Waals surface area contributed by atoms with Crippen LogP contribution in [0.5, 0.6) is 0 Å². The van der Waals surface area contributed by atoms with Gasteiger partial charge in [-0.25, -0.2) is 0 Å². The first-order chi connectivity index (χ1) is 6.24. The van der Waals surface area contributed by atoms with Gasteiger partial charge in [0.05, 0.1) is 0 Å². The summed E-state index contributed by atoms with van der Waals surface area (Å²) < 4.78 is 0. The summed E-state index contributed by atoms with van der Waals surface area (Å²) in [4.78, 5) is 4.31. The molecule has 2 rings (SSSR count). The van der Waals surface area contributed by atoms with Crippen molar-refractivity contribution < 1.29 is 0 Å². The largest absolute Gasteiger partial charge is 0.258 e. The third kappa shape index (κ3) is 2.32. The lowest BCUT2D eigenvalue weighted by atomic mass is 10.2. The van der Waals surface area contributed by atoms with Gasteiger partial charge in [0.15, 0.2) is 0 Å². The fourth-order valence-electron chi connectivity index (χ4n) is 1.32. The van der Waals surface area contributed by atoms with E-state index in [1.807, 2.05) is 26.0 Å². The molecule has 66 valence electrons. The Morgan fingerprint density at radius 3 is 2.38 bits per heavy atom. The molecule has 0 radical (unpaired) electrons. The molecule has 13 heavy (non-hydrogen) atoms. The normalized spacial score (nSPS) is 14.9. The molecule has 0 atom stereocenters. The summed E-state index contributed by atoms with van der Waals surface area (Å²) in [5.74, 6) is 7.12. The van der Waals surface area contributed by atoms with Crippen molar-refractivity contribution in [3.63, 3.8) is 0 Å². The van der Waals surface area contributed by atoms with Gasteiger partial charge in [-0.15, -0.1) is 0 Å². The van der Waals surface area contributed by atoms with E-state index in [-0.39, 0.29) is 0 Å². The smallest absolute Gasteiger partial charge is 0.0388 e. The standard InChI is InChI=1S/C12H13N/c1-9-7-12(8-10(2)13-9)6-5-11-3-4-11/h7-8,11H,3-4H2,1-2H3. The van der Waals surface area contributed by atoms with Crippen LogP contribution >= 0.6 is 0 Å². The van der Waals surface area contributed by atoms with E-state index in [0.29, 0.717) is 5.92 Å². The predicted octanol–water partition coefficient (Wildman–Crippen LogP) is 2.46. The van der Waals surface area contributed by atoms with Crippen molar-refractivity contribution in [2.45, 2.75) is 26.7 Å². The van der Waals surface area contributed by atoms with E-state index in [9.17, 15) is 0 Å². The fraction of sp³-hybridized carbons (Fsp3) is 0.417. The van der Waals surface area contributed by atoms with Crippen LogP contribution in [0, 0.1) is 31.6 Å². The van der Waals surface area contributed by atoms with Gasteiger partial charge in [-0.2, -0.15) is 0 Å². The molecule has 0 spiro atoms. The van der Waals surface area contributed by atoms with Gasteiger partial charge < -0.3 is 0 Å². The minimum Gasteiger partial charge on any atom is -0.258 e. The first kappa shape index (κ1) is 8.31. The molecule has 1 saturated carbocycles. The molecule has 1 fully saturated rings. The molecule has 1 aromatic heterocycles. The van der Waals surface area contributed by atoms with Crippen LogP contribution in [0.2, 0.25) is 0 Å². The average Bonchev–Trinajstić information content (AvgIpc) is 2.81. The van der Waals surface area contributed by atoms with Crippen molar-refractivity contribution >= 4 is 0 Å². The number of nitrogens with zero attached hydrogens (tertiary/aromatic N) is 1. The Kier molecular flexibility index (Phi) is 2.06. The predicted molar refractivity (Wildman–Crippen MR) is 53.3 cm³/mol. The Balaban J connectivity index is 2.25. The summed E-state index contributed by atoms with van der Waals surface area (Å²) in [6, 6.07) is 4.09. The maximum atomic E-state index is 4.31. The zero-order valence-electron chi connectivity index (χ0n) is 8.09. The van der Waals surface area contributed by atoms with Gasteiger partial charge >= 0.3 is 0 Å². The zero-order chi connectivity index (χ0) is 9.26. The summed E-state index contributed by atoms with van der Waals surface area (Å²) in [6.45, 7) is 4.02. The van der Waals surface area contributed by atoms with Crippen LogP contribution in [0.15, 0.2) is 12.1 Å². The first-order valence-corrected chi connectivity index (χ1v) is 4.71. The van der Waals surface area contributed by atoms with E-state index in [4.69, 9.17) is 0 Å². The molecule has 1 aliphatic carbocycles. The van der Waals surface area contributed by atoms with Gasteiger partial charge in [0, 0.05) is 22.9 Å². The van der Waals surface area contributed by atoms with Crippen LogP contribution in [0.3, 0.4) is 0 Å². The molecular formula is C12H13N. The highest BCUT2D eigenvalue weighted by Crippen LogP contribution is 2.27. The van der Waals surface area contributed by atoms with Crippen molar-refractivity contribution in [3.8, 4) is 11.8 Å². The van der Waals surface area contributed by atoms with Gasteiger partial charge in [0.1, 0.15) is 0 Å². The SMILES string of the molecule is Cc1cc(C#CC2CC2)cc(C)n1. The van der Waals surface area contributed by atoms with Crippen molar-refractivity contribution in [1.82, 2.24) is 4.98 Å². The van der Waals surface area contributed by atoms with E-state index in [2.05, 4.69) is 16.8 Å². The highest BCUT2D eigenvalue weighted by atomic mass is 14.7. The maximum Gasteiger partial charge on any atom is 0.0388 e. The molecule has 0 bridgehead atoms. The van der Waals surface area contributed by atoms with Crippen LogP contribution in [0.4, 0.5) is 0 Å². The summed E-state index contributed by atoms with van der Waals surface area (Å²) in [5, 5.41) is 0.